The Kier molecular flexibility index (Phi) is 8.10. The maximum Gasteiger partial charge on any atom is 0.416 e. The average molecular weight is 572 g/mol. The predicted molar refractivity (Wildman–Crippen MR) is 144 cm³/mol. The normalized spacial score (nSPS) is 13.1. The van der Waals surface area contributed by atoms with E-state index < -0.39 is 47.3 Å². The first-order chi connectivity index (χ1) is 18.4. The van der Waals surface area contributed by atoms with Crippen molar-refractivity contribution in [2.75, 3.05) is 0 Å². The molecule has 0 radical (unpaired) electrons. The summed E-state index contributed by atoms with van der Waals surface area (Å²) in [5.74, 6) is 0. The molecule has 0 saturated heterocycles. The topological polar surface area (TPSA) is 80.3 Å². The minimum Gasteiger partial charge on any atom is -0.219 e. The van der Waals surface area contributed by atoms with Gasteiger partial charge >= 0.3 is 6.18 Å². The molecule has 0 aliphatic rings. The molecule has 10 heteroatoms. The van der Waals surface area contributed by atoms with Crippen LogP contribution in [0.25, 0.3) is 11.1 Å². The first kappa shape index (κ1) is 28.3. The number of rotatable bonds is 9. The molecule has 0 amide bonds. The van der Waals surface area contributed by atoms with Gasteiger partial charge in [0.15, 0.2) is 0 Å². The largest absolute Gasteiger partial charge is 0.416 e. The summed E-state index contributed by atoms with van der Waals surface area (Å²) in [5.41, 5.74) is 0.467. The van der Waals surface area contributed by atoms with Crippen LogP contribution in [-0.4, -0.2) is 16.8 Å². The zero-order valence-corrected chi connectivity index (χ0v) is 22.1. The highest BCUT2D eigenvalue weighted by Crippen LogP contribution is 2.39. The fraction of sp³-hybridized carbons (Fsp3) is 0.103. The molecule has 5 nitrogen and oxygen atoms in total. The van der Waals surface area contributed by atoms with E-state index >= 15 is 0 Å². The third-order valence-electron chi connectivity index (χ3n) is 6.09. The summed E-state index contributed by atoms with van der Waals surface area (Å²) in [4.78, 5) is -0.596. The molecule has 0 aromatic heterocycles. The Morgan fingerprint density at radius 1 is 0.744 bits per heavy atom. The maximum atomic E-state index is 13.9. The van der Waals surface area contributed by atoms with Crippen LogP contribution in [0.2, 0.25) is 0 Å². The van der Waals surface area contributed by atoms with Gasteiger partial charge in [-0.15, -0.1) is 6.58 Å². The molecule has 0 heterocycles. The van der Waals surface area contributed by atoms with Crippen LogP contribution in [0.15, 0.2) is 126 Å². The van der Waals surface area contributed by atoms with Crippen molar-refractivity contribution >= 4 is 19.9 Å². The lowest BCUT2D eigenvalue weighted by atomic mass is 10.0. The zero-order valence-electron chi connectivity index (χ0n) is 20.5. The molecule has 4 aromatic rings. The van der Waals surface area contributed by atoms with Gasteiger partial charge in [-0.05, 0) is 52.6 Å². The van der Waals surface area contributed by atoms with E-state index in [9.17, 15) is 30.0 Å². The molecule has 0 saturated carbocycles. The molecule has 0 bridgehead atoms. The number of hydrogen-bond donors (Lipinski definition) is 1. The highest BCUT2D eigenvalue weighted by Gasteiger charge is 2.39. The molecular formula is C29H24F3NO4S2. The smallest absolute Gasteiger partial charge is 0.219 e. The summed E-state index contributed by atoms with van der Waals surface area (Å²) in [6.45, 7) is 3.25. The van der Waals surface area contributed by atoms with Crippen LogP contribution in [0.1, 0.15) is 21.9 Å². The van der Waals surface area contributed by atoms with Gasteiger partial charge in [-0.25, -0.2) is 21.6 Å². The first-order valence-corrected chi connectivity index (χ1v) is 14.7. The van der Waals surface area contributed by atoms with E-state index in [1.807, 2.05) is 42.5 Å². The predicted octanol–water partition coefficient (Wildman–Crippen LogP) is 6.55. The number of halogens is 3. The van der Waals surface area contributed by atoms with Crippen LogP contribution in [0.5, 0.6) is 0 Å². The van der Waals surface area contributed by atoms with Gasteiger partial charge < -0.3 is 0 Å². The number of sulfone groups is 1. The number of hydrogen-bond acceptors (Lipinski definition) is 4. The highest BCUT2D eigenvalue weighted by molar-refractivity contribution is 7.91. The molecule has 0 aliphatic heterocycles. The van der Waals surface area contributed by atoms with Crippen LogP contribution in [-0.2, 0) is 32.6 Å². The Morgan fingerprint density at radius 3 is 1.87 bits per heavy atom. The molecule has 0 aliphatic carbocycles. The Balaban J connectivity index is 1.66. The summed E-state index contributed by atoms with van der Waals surface area (Å²) < 4.78 is 96.7. The molecule has 1 N–H and O–H groups in total. The van der Waals surface area contributed by atoms with Gasteiger partial charge in [-0.3, -0.25) is 0 Å². The summed E-state index contributed by atoms with van der Waals surface area (Å²) in [7, 11) is -8.67. The molecule has 0 fully saturated rings. The lowest BCUT2D eigenvalue weighted by molar-refractivity contribution is -0.138. The number of sulfonamides is 1. The summed E-state index contributed by atoms with van der Waals surface area (Å²) in [5, 5.41) is -1.87. The van der Waals surface area contributed by atoms with Gasteiger partial charge in [0.05, 0.1) is 15.4 Å². The van der Waals surface area contributed by atoms with Crippen molar-refractivity contribution in [1.29, 1.82) is 0 Å². The van der Waals surface area contributed by atoms with E-state index in [4.69, 9.17) is 0 Å². The molecule has 4 aromatic carbocycles. The lowest BCUT2D eigenvalue weighted by Crippen LogP contribution is -2.29. The van der Waals surface area contributed by atoms with Gasteiger partial charge in [0, 0.05) is 6.54 Å². The van der Waals surface area contributed by atoms with Crippen LogP contribution in [0.4, 0.5) is 13.2 Å². The van der Waals surface area contributed by atoms with Crippen molar-refractivity contribution in [3.63, 3.8) is 0 Å². The second kappa shape index (κ2) is 11.2. The lowest BCUT2D eigenvalue weighted by Gasteiger charge is -2.21. The summed E-state index contributed by atoms with van der Waals surface area (Å²) >= 11 is 0. The number of benzene rings is 4. The minimum atomic E-state index is -4.94. The molecule has 4 rings (SSSR count). The van der Waals surface area contributed by atoms with E-state index in [-0.39, 0.29) is 11.4 Å². The third kappa shape index (κ3) is 6.30. The Bertz CT molecular complexity index is 1670. The summed E-state index contributed by atoms with van der Waals surface area (Å²) in [6, 6.07) is 25.9. The van der Waals surface area contributed by atoms with E-state index in [1.54, 1.807) is 18.2 Å². The highest BCUT2D eigenvalue weighted by atomic mass is 32.2. The maximum absolute atomic E-state index is 13.9. The molecule has 39 heavy (non-hydrogen) atoms. The van der Waals surface area contributed by atoms with Gasteiger partial charge in [0.1, 0.15) is 5.25 Å². The number of nitrogens with one attached hydrogen (secondary N) is 1. The van der Waals surface area contributed by atoms with Crippen molar-refractivity contribution in [3.05, 3.63) is 132 Å². The molecule has 202 valence electrons. The van der Waals surface area contributed by atoms with Crippen LogP contribution < -0.4 is 4.72 Å². The van der Waals surface area contributed by atoms with E-state index in [1.165, 1.54) is 24.3 Å². The third-order valence-corrected chi connectivity index (χ3v) is 9.51. The average Bonchev–Trinajstić information content (AvgIpc) is 2.93. The van der Waals surface area contributed by atoms with Crippen molar-refractivity contribution in [2.45, 2.75) is 27.8 Å². The van der Waals surface area contributed by atoms with Crippen LogP contribution in [0, 0.1) is 0 Å². The molecule has 1 unspecified atom stereocenters. The van der Waals surface area contributed by atoms with Crippen molar-refractivity contribution in [3.8, 4) is 11.1 Å². The molecule has 1 atom stereocenters. The molecule has 0 spiro atoms. The standard InChI is InChI=1S/C29H24F3NO4S2/c1-2-28(39(36,37)33-20-21-13-15-23(16-14-21)22-9-5-3-6-10-22)26-19-25(17-18-27(26)29(30,31)32)38(34,35)24-11-7-4-8-12-24/h2-19,28,33H,1,20H2. The van der Waals surface area contributed by atoms with Gasteiger partial charge in [-0.2, -0.15) is 13.2 Å². The summed E-state index contributed by atoms with van der Waals surface area (Å²) in [6.07, 6.45) is -4.08. The van der Waals surface area contributed by atoms with Gasteiger partial charge in [-0.1, -0.05) is 78.9 Å². The Labute approximate surface area is 225 Å². The van der Waals surface area contributed by atoms with E-state index in [0.29, 0.717) is 11.6 Å². The van der Waals surface area contributed by atoms with Crippen molar-refractivity contribution < 1.29 is 30.0 Å². The first-order valence-electron chi connectivity index (χ1n) is 11.7. The van der Waals surface area contributed by atoms with Gasteiger partial charge in [0.2, 0.25) is 19.9 Å². The zero-order chi connectivity index (χ0) is 28.3. The second-order valence-electron chi connectivity index (χ2n) is 8.65. The quantitative estimate of drug-likeness (QED) is 0.231. The van der Waals surface area contributed by atoms with Crippen molar-refractivity contribution in [2.24, 2.45) is 0 Å². The fourth-order valence-electron chi connectivity index (χ4n) is 4.08. The fourth-order valence-corrected chi connectivity index (χ4v) is 6.72. The molecular weight excluding hydrogens is 547 g/mol. The van der Waals surface area contributed by atoms with Crippen LogP contribution >= 0.6 is 0 Å². The van der Waals surface area contributed by atoms with Crippen LogP contribution in [0.3, 0.4) is 0 Å². The monoisotopic (exact) mass is 571 g/mol. The van der Waals surface area contributed by atoms with E-state index in [0.717, 1.165) is 29.3 Å². The van der Waals surface area contributed by atoms with Crippen molar-refractivity contribution in [1.82, 2.24) is 4.72 Å². The van der Waals surface area contributed by atoms with E-state index in [2.05, 4.69) is 11.3 Å². The second-order valence-corrected chi connectivity index (χ2v) is 12.5. The Hall–Kier alpha value is -3.73. The SMILES string of the molecule is C=CC(c1cc(S(=O)(=O)c2ccccc2)ccc1C(F)(F)F)S(=O)(=O)NCc1ccc(-c2ccccc2)cc1. The van der Waals surface area contributed by atoms with Gasteiger partial charge in [0.25, 0.3) is 0 Å². The minimum absolute atomic E-state index is 0.134. The Morgan fingerprint density at radius 2 is 1.31 bits per heavy atom. The number of alkyl halides is 3.